The van der Waals surface area contributed by atoms with Crippen LogP contribution < -0.4 is 14.5 Å². The number of rotatable bonds is 5. The fraction of sp³-hybridized carbons (Fsp3) is 0.500. The van der Waals surface area contributed by atoms with Gasteiger partial charge in [0, 0.05) is 14.1 Å². The minimum atomic E-state index is -0.618. The van der Waals surface area contributed by atoms with Crippen molar-refractivity contribution in [3.8, 4) is 6.01 Å². The molecule has 0 bridgehead atoms. The van der Waals surface area contributed by atoms with Crippen LogP contribution in [0.5, 0.6) is 6.01 Å². The molecule has 1 aliphatic rings. The Morgan fingerprint density at radius 1 is 1.30 bits per heavy atom. The Morgan fingerprint density at radius 3 is 2.57 bits per heavy atom. The van der Waals surface area contributed by atoms with Crippen LogP contribution in [0.4, 0.5) is 11.9 Å². The summed E-state index contributed by atoms with van der Waals surface area (Å²) in [7, 11) is 6.10. The summed E-state index contributed by atoms with van der Waals surface area (Å²) >= 11 is 0. The highest BCUT2D eigenvalue weighted by Crippen LogP contribution is 2.20. The van der Waals surface area contributed by atoms with Gasteiger partial charge in [-0.1, -0.05) is 0 Å². The first-order valence-electron chi connectivity index (χ1n) is 6.58. The Morgan fingerprint density at radius 2 is 2.00 bits per heavy atom. The fourth-order valence-corrected chi connectivity index (χ4v) is 1.83. The average Bonchev–Trinajstić information content (AvgIpc) is 2.82. The number of nitrogens with one attached hydrogen (secondary N) is 1. The molecule has 0 spiro atoms. The summed E-state index contributed by atoms with van der Waals surface area (Å²) in [4.78, 5) is 39.6. The van der Waals surface area contributed by atoms with Gasteiger partial charge in [0.2, 0.25) is 23.8 Å². The normalized spacial score (nSPS) is 14.3. The molecular weight excluding hydrogens is 306 g/mol. The van der Waals surface area contributed by atoms with Gasteiger partial charge in [-0.2, -0.15) is 15.0 Å². The van der Waals surface area contributed by atoms with Gasteiger partial charge in [-0.25, -0.2) is 0 Å². The molecule has 1 saturated heterocycles. The number of nitrogens with zero attached hydrogens (tertiary/aromatic N) is 6. The van der Waals surface area contributed by atoms with Crippen LogP contribution in [-0.4, -0.2) is 79.1 Å². The van der Waals surface area contributed by atoms with E-state index in [-0.39, 0.29) is 31.0 Å². The number of amides is 1. The third kappa shape index (κ3) is 3.27. The van der Waals surface area contributed by atoms with Gasteiger partial charge in [-0.3, -0.25) is 24.8 Å². The van der Waals surface area contributed by atoms with Gasteiger partial charge >= 0.3 is 12.0 Å². The molecule has 0 aromatic carbocycles. The predicted molar refractivity (Wildman–Crippen MR) is 79.5 cm³/mol. The van der Waals surface area contributed by atoms with Gasteiger partial charge in [0.15, 0.2) is 0 Å². The van der Waals surface area contributed by atoms with Crippen molar-refractivity contribution >= 4 is 29.7 Å². The van der Waals surface area contributed by atoms with Gasteiger partial charge in [0.25, 0.3) is 0 Å². The third-order valence-corrected chi connectivity index (χ3v) is 3.04. The molecule has 1 amide bonds. The zero-order valence-corrected chi connectivity index (χ0v) is 13.2. The summed E-state index contributed by atoms with van der Waals surface area (Å²) in [6.07, 6.45) is 0. The van der Waals surface area contributed by atoms with Crippen molar-refractivity contribution in [2.45, 2.75) is 0 Å². The minimum absolute atomic E-state index is 0.0605. The van der Waals surface area contributed by atoms with Crippen LogP contribution in [0.25, 0.3) is 0 Å². The van der Waals surface area contributed by atoms with Crippen LogP contribution in [0.3, 0.4) is 0 Å². The largest absolute Gasteiger partial charge is 0.468 e. The highest BCUT2D eigenvalue weighted by molar-refractivity contribution is 6.13. The van der Waals surface area contributed by atoms with E-state index < -0.39 is 11.9 Å². The first-order chi connectivity index (χ1) is 10.9. The Labute approximate surface area is 132 Å². The summed E-state index contributed by atoms with van der Waals surface area (Å²) in [5.74, 6) is -0.846. The molecule has 0 radical (unpaired) electrons. The molecule has 1 aromatic rings. The number of carbonyl (C=O) groups is 2. The molecule has 11 nitrogen and oxygen atoms in total. The number of methoxy groups -OCH3 is 2. The van der Waals surface area contributed by atoms with Crippen molar-refractivity contribution in [3.63, 3.8) is 0 Å². The number of hydrogen-bond acceptors (Lipinski definition) is 9. The number of carbonyl (C=O) groups excluding carboxylic acids is 2. The lowest BCUT2D eigenvalue weighted by molar-refractivity contribution is -0.143. The van der Waals surface area contributed by atoms with E-state index in [0.29, 0.717) is 5.95 Å². The van der Waals surface area contributed by atoms with E-state index in [4.69, 9.17) is 10.1 Å². The quantitative estimate of drug-likeness (QED) is 0.658. The first kappa shape index (κ1) is 16.4. The van der Waals surface area contributed by atoms with E-state index in [9.17, 15) is 9.59 Å². The SMILES string of the molecule is COC(=O)CN1C(=N)N(c2nc(OC)nc(N(C)C)n2)CC1=O. The third-order valence-electron chi connectivity index (χ3n) is 3.04. The molecule has 23 heavy (non-hydrogen) atoms. The zero-order chi connectivity index (χ0) is 17.1. The number of hydrogen-bond donors (Lipinski definition) is 1. The summed E-state index contributed by atoms with van der Waals surface area (Å²) < 4.78 is 9.54. The van der Waals surface area contributed by atoms with E-state index in [1.807, 2.05) is 0 Å². The molecule has 2 rings (SSSR count). The molecule has 2 heterocycles. The molecule has 0 unspecified atom stereocenters. The number of ether oxygens (including phenoxy) is 2. The van der Waals surface area contributed by atoms with Crippen LogP contribution in [0.2, 0.25) is 0 Å². The Kier molecular flexibility index (Phi) is 4.57. The van der Waals surface area contributed by atoms with E-state index >= 15 is 0 Å². The van der Waals surface area contributed by atoms with E-state index in [1.165, 1.54) is 19.1 Å². The van der Waals surface area contributed by atoms with Crippen LogP contribution in [0.15, 0.2) is 0 Å². The van der Waals surface area contributed by atoms with Crippen LogP contribution in [0.1, 0.15) is 0 Å². The minimum Gasteiger partial charge on any atom is -0.468 e. The second-order valence-electron chi connectivity index (χ2n) is 4.78. The van der Waals surface area contributed by atoms with Crippen molar-refractivity contribution in [1.82, 2.24) is 19.9 Å². The standard InChI is InChI=1S/C12H17N7O4/c1-17(2)10-14-11(16-12(15-10)23-4)19-5-7(20)18(9(19)13)6-8(21)22-3/h13H,5-6H2,1-4H3. The van der Waals surface area contributed by atoms with E-state index in [2.05, 4.69) is 19.7 Å². The second kappa shape index (κ2) is 6.42. The van der Waals surface area contributed by atoms with Gasteiger partial charge in [0.05, 0.1) is 14.2 Å². The van der Waals surface area contributed by atoms with Crippen molar-refractivity contribution in [2.75, 3.05) is 51.2 Å². The first-order valence-corrected chi connectivity index (χ1v) is 6.58. The molecule has 0 atom stereocenters. The lowest BCUT2D eigenvalue weighted by atomic mass is 10.5. The van der Waals surface area contributed by atoms with Gasteiger partial charge in [-0.15, -0.1) is 0 Å². The maximum absolute atomic E-state index is 12.0. The zero-order valence-electron chi connectivity index (χ0n) is 13.2. The van der Waals surface area contributed by atoms with Gasteiger partial charge in [-0.05, 0) is 0 Å². The van der Waals surface area contributed by atoms with Crippen molar-refractivity contribution in [1.29, 1.82) is 5.41 Å². The molecule has 1 aliphatic heterocycles. The van der Waals surface area contributed by atoms with Gasteiger partial charge < -0.3 is 14.4 Å². The number of guanidine groups is 1. The lowest BCUT2D eigenvalue weighted by Crippen LogP contribution is -2.38. The average molecular weight is 323 g/mol. The maximum atomic E-state index is 12.0. The predicted octanol–water partition coefficient (Wildman–Crippen LogP) is -1.30. The van der Waals surface area contributed by atoms with Crippen molar-refractivity contribution < 1.29 is 19.1 Å². The highest BCUT2D eigenvalue weighted by atomic mass is 16.5. The summed E-state index contributed by atoms with van der Waals surface area (Å²) in [6.45, 7) is -0.497. The molecule has 1 aromatic heterocycles. The molecule has 11 heteroatoms. The van der Waals surface area contributed by atoms with Gasteiger partial charge in [0.1, 0.15) is 13.1 Å². The molecular formula is C12H17N7O4. The number of esters is 1. The maximum Gasteiger partial charge on any atom is 0.325 e. The topological polar surface area (TPSA) is 125 Å². The Bertz CT molecular complexity index is 648. The number of aromatic nitrogens is 3. The summed E-state index contributed by atoms with van der Waals surface area (Å²) in [5, 5.41) is 8.07. The van der Waals surface area contributed by atoms with E-state index in [0.717, 1.165) is 4.90 Å². The molecule has 124 valence electrons. The van der Waals surface area contributed by atoms with Crippen LogP contribution in [0, 0.1) is 5.41 Å². The fourth-order valence-electron chi connectivity index (χ4n) is 1.83. The van der Waals surface area contributed by atoms with Crippen LogP contribution >= 0.6 is 0 Å². The molecule has 1 fully saturated rings. The van der Waals surface area contributed by atoms with Crippen molar-refractivity contribution in [3.05, 3.63) is 0 Å². The van der Waals surface area contributed by atoms with Crippen molar-refractivity contribution in [2.24, 2.45) is 0 Å². The smallest absolute Gasteiger partial charge is 0.325 e. The molecule has 0 aliphatic carbocycles. The highest BCUT2D eigenvalue weighted by Gasteiger charge is 2.37. The second-order valence-corrected chi connectivity index (χ2v) is 4.78. The Hall–Kier alpha value is -2.98. The summed E-state index contributed by atoms with van der Waals surface area (Å²) in [5.41, 5.74) is 0. The molecule has 0 saturated carbocycles. The van der Waals surface area contributed by atoms with E-state index in [1.54, 1.807) is 19.0 Å². The van der Waals surface area contributed by atoms with Crippen LogP contribution in [-0.2, 0) is 14.3 Å². The summed E-state index contributed by atoms with van der Waals surface area (Å²) in [6, 6.07) is 0.0605. The monoisotopic (exact) mass is 323 g/mol. The number of anilines is 2. The molecule has 1 N–H and O–H groups in total. The Balaban J connectivity index is 2.32. The lowest BCUT2D eigenvalue weighted by Gasteiger charge is -2.19.